The van der Waals surface area contributed by atoms with Gasteiger partial charge in [0.15, 0.2) is 0 Å². The highest BCUT2D eigenvalue weighted by Gasteiger charge is 2.27. The lowest BCUT2D eigenvalue weighted by atomic mass is 10.2. The molecule has 2 heterocycles. The van der Waals surface area contributed by atoms with Crippen molar-refractivity contribution in [2.24, 2.45) is 0 Å². The number of carbonyl (C=O) groups is 1. The lowest BCUT2D eigenvalue weighted by Crippen LogP contribution is -2.51. The van der Waals surface area contributed by atoms with Crippen LogP contribution in [0, 0.1) is 6.92 Å². The van der Waals surface area contributed by atoms with Crippen molar-refractivity contribution in [2.75, 3.05) is 19.6 Å². The summed E-state index contributed by atoms with van der Waals surface area (Å²) < 4.78 is 1.66. The standard InChI is InChI=1S/C12H19ClN4O/c1-4-17-11(13)10(9(3)15-17)12(18)16-6-5-14-8(2)7-16/h8,14H,4-7H2,1-3H3. The smallest absolute Gasteiger partial charge is 0.258 e. The average molecular weight is 271 g/mol. The molecule has 100 valence electrons. The molecule has 1 aliphatic heterocycles. The van der Waals surface area contributed by atoms with Gasteiger partial charge >= 0.3 is 0 Å². The van der Waals surface area contributed by atoms with E-state index in [0.29, 0.717) is 35.5 Å². The summed E-state index contributed by atoms with van der Waals surface area (Å²) in [4.78, 5) is 14.3. The first-order valence-electron chi connectivity index (χ1n) is 6.30. The number of aromatic nitrogens is 2. The number of hydrogen-bond donors (Lipinski definition) is 1. The van der Waals surface area contributed by atoms with Crippen molar-refractivity contribution in [2.45, 2.75) is 33.4 Å². The minimum atomic E-state index is -0.00875. The summed E-state index contributed by atoms with van der Waals surface area (Å²) in [7, 11) is 0. The Morgan fingerprint density at radius 1 is 1.61 bits per heavy atom. The van der Waals surface area contributed by atoms with Crippen molar-refractivity contribution in [3.05, 3.63) is 16.4 Å². The van der Waals surface area contributed by atoms with E-state index >= 15 is 0 Å². The van der Waals surface area contributed by atoms with E-state index in [0.717, 1.165) is 13.1 Å². The fraction of sp³-hybridized carbons (Fsp3) is 0.667. The molecular formula is C12H19ClN4O. The first-order chi connectivity index (χ1) is 8.54. The summed E-state index contributed by atoms with van der Waals surface area (Å²) in [5.41, 5.74) is 1.26. The van der Waals surface area contributed by atoms with Crippen molar-refractivity contribution in [3.63, 3.8) is 0 Å². The fourth-order valence-corrected chi connectivity index (χ4v) is 2.66. The van der Waals surface area contributed by atoms with Crippen LogP contribution in [0.1, 0.15) is 29.9 Å². The first-order valence-corrected chi connectivity index (χ1v) is 6.68. The molecule has 0 radical (unpaired) electrons. The molecule has 1 aliphatic rings. The summed E-state index contributed by atoms with van der Waals surface area (Å²) >= 11 is 6.22. The molecule has 1 fully saturated rings. The number of hydrogen-bond acceptors (Lipinski definition) is 3. The van der Waals surface area contributed by atoms with Gasteiger partial charge in [-0.3, -0.25) is 9.48 Å². The maximum Gasteiger partial charge on any atom is 0.258 e. The van der Waals surface area contributed by atoms with Crippen molar-refractivity contribution in [3.8, 4) is 0 Å². The molecule has 0 saturated carbocycles. The molecule has 1 N–H and O–H groups in total. The van der Waals surface area contributed by atoms with Gasteiger partial charge in [0, 0.05) is 32.2 Å². The van der Waals surface area contributed by atoms with Crippen molar-refractivity contribution >= 4 is 17.5 Å². The Bertz CT molecular complexity index is 457. The molecule has 1 aromatic rings. The molecule has 0 aliphatic carbocycles. The number of amides is 1. The summed E-state index contributed by atoms with van der Waals surface area (Å²) in [6, 6.07) is 0.322. The van der Waals surface area contributed by atoms with Crippen LogP contribution in [0.3, 0.4) is 0 Å². The van der Waals surface area contributed by atoms with E-state index in [9.17, 15) is 4.79 Å². The number of rotatable bonds is 2. The SMILES string of the molecule is CCn1nc(C)c(C(=O)N2CCNC(C)C2)c1Cl. The van der Waals surface area contributed by atoms with E-state index in [1.165, 1.54) is 0 Å². The Morgan fingerprint density at radius 2 is 2.33 bits per heavy atom. The predicted molar refractivity (Wildman–Crippen MR) is 71.0 cm³/mol. The molecule has 1 aromatic heterocycles. The third-order valence-electron chi connectivity index (χ3n) is 3.23. The van der Waals surface area contributed by atoms with Gasteiger partial charge in [-0.05, 0) is 20.8 Å². The molecule has 0 spiro atoms. The van der Waals surface area contributed by atoms with Gasteiger partial charge in [-0.15, -0.1) is 0 Å². The minimum Gasteiger partial charge on any atom is -0.336 e. The van der Waals surface area contributed by atoms with Gasteiger partial charge in [-0.1, -0.05) is 11.6 Å². The zero-order valence-corrected chi connectivity index (χ0v) is 11.8. The second kappa shape index (κ2) is 5.28. The third kappa shape index (κ3) is 2.37. The third-order valence-corrected chi connectivity index (χ3v) is 3.62. The lowest BCUT2D eigenvalue weighted by molar-refractivity contribution is 0.0708. The number of aryl methyl sites for hydroxylation is 2. The van der Waals surface area contributed by atoms with Crippen LogP contribution in [-0.4, -0.2) is 46.3 Å². The average Bonchev–Trinajstić information content (AvgIpc) is 2.63. The number of nitrogens with zero attached hydrogens (tertiary/aromatic N) is 3. The fourth-order valence-electron chi connectivity index (χ4n) is 2.28. The van der Waals surface area contributed by atoms with E-state index in [4.69, 9.17) is 11.6 Å². The Hall–Kier alpha value is -1.07. The van der Waals surface area contributed by atoms with Gasteiger partial charge in [0.1, 0.15) is 5.15 Å². The summed E-state index contributed by atoms with van der Waals surface area (Å²) in [5.74, 6) is -0.00875. The van der Waals surface area contributed by atoms with Gasteiger partial charge in [-0.2, -0.15) is 5.10 Å². The second-order valence-corrected chi connectivity index (χ2v) is 5.03. The molecule has 1 saturated heterocycles. The van der Waals surface area contributed by atoms with Crippen molar-refractivity contribution in [1.82, 2.24) is 20.0 Å². The van der Waals surface area contributed by atoms with E-state index in [1.54, 1.807) is 4.68 Å². The molecule has 5 nitrogen and oxygen atoms in total. The largest absolute Gasteiger partial charge is 0.336 e. The van der Waals surface area contributed by atoms with Crippen LogP contribution in [0.2, 0.25) is 5.15 Å². The molecule has 0 aromatic carbocycles. The van der Waals surface area contributed by atoms with E-state index in [-0.39, 0.29) is 5.91 Å². The van der Waals surface area contributed by atoms with Crippen LogP contribution in [0.5, 0.6) is 0 Å². The first kappa shape index (κ1) is 13.4. The number of piperazine rings is 1. The normalized spacial score (nSPS) is 20.2. The van der Waals surface area contributed by atoms with Crippen LogP contribution >= 0.6 is 11.6 Å². The molecule has 1 atom stereocenters. The van der Waals surface area contributed by atoms with Crippen molar-refractivity contribution < 1.29 is 4.79 Å². The quantitative estimate of drug-likeness (QED) is 0.881. The maximum absolute atomic E-state index is 12.5. The molecule has 1 unspecified atom stereocenters. The van der Waals surface area contributed by atoms with Crippen molar-refractivity contribution in [1.29, 1.82) is 0 Å². The van der Waals surface area contributed by atoms with Crippen LogP contribution in [0.15, 0.2) is 0 Å². The molecule has 6 heteroatoms. The highest BCUT2D eigenvalue weighted by molar-refractivity contribution is 6.33. The predicted octanol–water partition coefficient (Wildman–Crippen LogP) is 1.30. The summed E-state index contributed by atoms with van der Waals surface area (Å²) in [6.07, 6.45) is 0. The van der Waals surface area contributed by atoms with Crippen LogP contribution in [0.25, 0.3) is 0 Å². The zero-order valence-electron chi connectivity index (χ0n) is 11.0. The van der Waals surface area contributed by atoms with Crippen LogP contribution in [-0.2, 0) is 6.54 Å². The molecule has 2 rings (SSSR count). The highest BCUT2D eigenvalue weighted by Crippen LogP contribution is 2.22. The lowest BCUT2D eigenvalue weighted by Gasteiger charge is -2.31. The van der Waals surface area contributed by atoms with Crippen LogP contribution < -0.4 is 5.32 Å². The summed E-state index contributed by atoms with van der Waals surface area (Å²) in [5, 5.41) is 8.05. The van der Waals surface area contributed by atoms with E-state index in [1.807, 2.05) is 18.7 Å². The summed E-state index contributed by atoms with van der Waals surface area (Å²) in [6.45, 7) is 8.79. The Kier molecular flexibility index (Phi) is 3.92. The highest BCUT2D eigenvalue weighted by atomic mass is 35.5. The molecular weight excluding hydrogens is 252 g/mol. The number of halogens is 1. The topological polar surface area (TPSA) is 50.2 Å². The van der Waals surface area contributed by atoms with Gasteiger partial charge in [0.05, 0.1) is 11.3 Å². The van der Waals surface area contributed by atoms with Gasteiger partial charge in [0.25, 0.3) is 5.91 Å². The van der Waals surface area contributed by atoms with E-state index < -0.39 is 0 Å². The number of nitrogens with one attached hydrogen (secondary N) is 1. The maximum atomic E-state index is 12.5. The minimum absolute atomic E-state index is 0.00875. The molecule has 0 bridgehead atoms. The Balaban J connectivity index is 2.25. The van der Waals surface area contributed by atoms with Gasteiger partial charge < -0.3 is 10.2 Å². The van der Waals surface area contributed by atoms with Crippen LogP contribution in [0.4, 0.5) is 0 Å². The van der Waals surface area contributed by atoms with Gasteiger partial charge in [-0.25, -0.2) is 0 Å². The molecule has 18 heavy (non-hydrogen) atoms. The second-order valence-electron chi connectivity index (χ2n) is 4.67. The Morgan fingerprint density at radius 3 is 2.89 bits per heavy atom. The van der Waals surface area contributed by atoms with Gasteiger partial charge in [0.2, 0.25) is 0 Å². The monoisotopic (exact) mass is 270 g/mol. The number of carbonyl (C=O) groups excluding carboxylic acids is 1. The molecule has 1 amide bonds. The van der Waals surface area contributed by atoms with E-state index in [2.05, 4.69) is 17.3 Å². The zero-order chi connectivity index (χ0) is 13.3. The Labute approximate surface area is 112 Å².